The van der Waals surface area contributed by atoms with Gasteiger partial charge in [0, 0.05) is 18.7 Å². The molecule has 4 nitrogen and oxygen atoms in total. The zero-order valence-corrected chi connectivity index (χ0v) is 14.0. The highest BCUT2D eigenvalue weighted by molar-refractivity contribution is 14.0. The second kappa shape index (κ2) is 7.94. The minimum absolute atomic E-state index is 0. The van der Waals surface area contributed by atoms with Gasteiger partial charge in [-0.1, -0.05) is 6.07 Å². The minimum Gasteiger partial charge on any atom is -0.469 e. The largest absolute Gasteiger partial charge is 0.469 e. The summed E-state index contributed by atoms with van der Waals surface area (Å²) in [5.41, 5.74) is 9.29. The van der Waals surface area contributed by atoms with Gasteiger partial charge in [-0.15, -0.1) is 24.0 Å². The fourth-order valence-corrected chi connectivity index (χ4v) is 1.75. The van der Waals surface area contributed by atoms with Gasteiger partial charge >= 0.3 is 0 Å². The van der Waals surface area contributed by atoms with Crippen molar-refractivity contribution < 1.29 is 4.42 Å². The maximum Gasteiger partial charge on any atom is 0.193 e. The highest BCUT2D eigenvalue weighted by Gasteiger charge is 1.98. The molecular weight excluding hydrogens is 365 g/mol. The van der Waals surface area contributed by atoms with Gasteiger partial charge in [-0.05, 0) is 49.2 Å². The first-order valence-corrected chi connectivity index (χ1v) is 6.32. The van der Waals surface area contributed by atoms with Gasteiger partial charge in [0.05, 0.1) is 6.26 Å². The van der Waals surface area contributed by atoms with Crippen molar-refractivity contribution >= 4 is 35.6 Å². The molecule has 2 rings (SSSR count). The third-order valence-corrected chi connectivity index (χ3v) is 3.00. The molecule has 0 saturated heterocycles. The highest BCUT2D eigenvalue weighted by atomic mass is 127. The number of nitrogens with one attached hydrogen (secondary N) is 1. The lowest BCUT2D eigenvalue weighted by Gasteiger charge is -2.07. The van der Waals surface area contributed by atoms with E-state index in [2.05, 4.69) is 36.3 Å². The number of guanidine groups is 1. The van der Waals surface area contributed by atoms with Gasteiger partial charge in [0.25, 0.3) is 0 Å². The van der Waals surface area contributed by atoms with Crippen molar-refractivity contribution in [2.45, 2.75) is 20.3 Å². The van der Waals surface area contributed by atoms with Crippen molar-refractivity contribution in [3.8, 4) is 0 Å². The predicted molar refractivity (Wildman–Crippen MR) is 93.9 cm³/mol. The van der Waals surface area contributed by atoms with E-state index >= 15 is 0 Å². The van der Waals surface area contributed by atoms with Crippen LogP contribution in [0.1, 0.15) is 16.9 Å². The van der Waals surface area contributed by atoms with Crippen LogP contribution >= 0.6 is 24.0 Å². The van der Waals surface area contributed by atoms with Gasteiger partial charge in [-0.25, -0.2) is 0 Å². The molecule has 0 radical (unpaired) electrons. The molecule has 1 heterocycles. The number of rotatable bonds is 4. The summed E-state index contributed by atoms with van der Waals surface area (Å²) in [4.78, 5) is 4.27. The van der Waals surface area contributed by atoms with Crippen molar-refractivity contribution in [2.75, 3.05) is 11.9 Å². The van der Waals surface area contributed by atoms with Crippen LogP contribution in [0.4, 0.5) is 5.69 Å². The van der Waals surface area contributed by atoms with Gasteiger partial charge in [0.1, 0.15) is 5.76 Å². The van der Waals surface area contributed by atoms with E-state index in [1.165, 1.54) is 11.1 Å². The van der Waals surface area contributed by atoms with Crippen LogP contribution in [-0.2, 0) is 6.42 Å². The SMILES string of the molecule is Cc1ccc(NC(N)=NCCc2ccco2)cc1C.I. The molecule has 0 aliphatic carbocycles. The smallest absolute Gasteiger partial charge is 0.193 e. The second-order valence-corrected chi connectivity index (χ2v) is 4.52. The van der Waals surface area contributed by atoms with Crippen LogP contribution in [0, 0.1) is 13.8 Å². The van der Waals surface area contributed by atoms with Crippen LogP contribution < -0.4 is 11.1 Å². The van der Waals surface area contributed by atoms with Crippen LogP contribution in [0.25, 0.3) is 0 Å². The molecule has 1 aromatic heterocycles. The van der Waals surface area contributed by atoms with Gasteiger partial charge in [0.2, 0.25) is 0 Å². The number of benzene rings is 1. The van der Waals surface area contributed by atoms with E-state index in [0.717, 1.165) is 17.9 Å². The first-order chi connectivity index (χ1) is 9.15. The van der Waals surface area contributed by atoms with Crippen LogP contribution in [0.2, 0.25) is 0 Å². The van der Waals surface area contributed by atoms with E-state index in [-0.39, 0.29) is 24.0 Å². The fourth-order valence-electron chi connectivity index (χ4n) is 1.75. The number of aliphatic imine (C=N–C) groups is 1. The number of nitrogens with two attached hydrogens (primary N) is 1. The Kier molecular flexibility index (Phi) is 6.57. The van der Waals surface area contributed by atoms with E-state index in [1.807, 2.05) is 18.2 Å². The monoisotopic (exact) mass is 385 g/mol. The minimum atomic E-state index is 0. The van der Waals surface area contributed by atoms with Crippen molar-refractivity contribution in [1.29, 1.82) is 0 Å². The maximum atomic E-state index is 5.84. The molecule has 0 saturated carbocycles. The standard InChI is InChI=1S/C15H19N3O.HI/c1-11-5-6-13(10-12(11)2)18-15(16)17-8-7-14-4-3-9-19-14;/h3-6,9-10H,7-8H2,1-2H3,(H3,16,17,18);1H. The van der Waals surface area contributed by atoms with E-state index in [0.29, 0.717) is 12.5 Å². The summed E-state index contributed by atoms with van der Waals surface area (Å²) in [6, 6.07) is 9.92. The summed E-state index contributed by atoms with van der Waals surface area (Å²) < 4.78 is 5.23. The molecule has 0 atom stereocenters. The lowest BCUT2D eigenvalue weighted by Crippen LogP contribution is -2.23. The molecule has 20 heavy (non-hydrogen) atoms. The van der Waals surface area contributed by atoms with Crippen LogP contribution in [0.15, 0.2) is 46.0 Å². The molecule has 5 heteroatoms. The number of anilines is 1. The van der Waals surface area contributed by atoms with E-state index in [1.54, 1.807) is 6.26 Å². The second-order valence-electron chi connectivity index (χ2n) is 4.52. The average molecular weight is 385 g/mol. The summed E-state index contributed by atoms with van der Waals surface area (Å²) in [6.07, 6.45) is 2.41. The normalized spacial score (nSPS) is 11.0. The lowest BCUT2D eigenvalue weighted by molar-refractivity contribution is 0.511. The third kappa shape index (κ3) is 4.88. The first-order valence-electron chi connectivity index (χ1n) is 6.32. The molecular formula is C15H20IN3O. The number of hydrogen-bond acceptors (Lipinski definition) is 2. The predicted octanol–water partition coefficient (Wildman–Crippen LogP) is 3.48. The topological polar surface area (TPSA) is 63.5 Å². The molecule has 0 aliphatic heterocycles. The molecule has 108 valence electrons. The zero-order valence-electron chi connectivity index (χ0n) is 11.7. The molecule has 0 spiro atoms. The molecule has 0 unspecified atom stereocenters. The molecule has 1 aromatic carbocycles. The Balaban J connectivity index is 0.00000200. The van der Waals surface area contributed by atoms with Gasteiger partial charge < -0.3 is 15.5 Å². The zero-order chi connectivity index (χ0) is 13.7. The highest BCUT2D eigenvalue weighted by Crippen LogP contribution is 2.13. The van der Waals surface area contributed by atoms with Gasteiger partial charge in [-0.2, -0.15) is 0 Å². The van der Waals surface area contributed by atoms with Crippen molar-refractivity contribution in [3.63, 3.8) is 0 Å². The molecule has 0 fully saturated rings. The summed E-state index contributed by atoms with van der Waals surface area (Å²) in [5, 5.41) is 3.09. The number of hydrogen-bond donors (Lipinski definition) is 2. The van der Waals surface area contributed by atoms with Crippen molar-refractivity contribution in [2.24, 2.45) is 10.7 Å². The number of furan rings is 1. The van der Waals surface area contributed by atoms with Crippen LogP contribution in [-0.4, -0.2) is 12.5 Å². The van der Waals surface area contributed by atoms with E-state index in [9.17, 15) is 0 Å². The Hall–Kier alpha value is -1.50. The van der Waals surface area contributed by atoms with Crippen LogP contribution in [0.5, 0.6) is 0 Å². The van der Waals surface area contributed by atoms with Gasteiger partial charge in [-0.3, -0.25) is 4.99 Å². The Bertz CT molecular complexity index is 565. The molecule has 0 bridgehead atoms. The quantitative estimate of drug-likeness (QED) is 0.481. The van der Waals surface area contributed by atoms with Crippen LogP contribution in [0.3, 0.4) is 0 Å². The first kappa shape index (κ1) is 16.6. The van der Waals surface area contributed by atoms with Crippen molar-refractivity contribution in [1.82, 2.24) is 0 Å². The lowest BCUT2D eigenvalue weighted by atomic mass is 10.1. The Morgan fingerprint density at radius 2 is 2.05 bits per heavy atom. The molecule has 2 aromatic rings. The third-order valence-electron chi connectivity index (χ3n) is 3.00. The Morgan fingerprint density at radius 1 is 1.25 bits per heavy atom. The maximum absolute atomic E-state index is 5.84. The number of halogens is 1. The summed E-state index contributed by atoms with van der Waals surface area (Å²) in [5.74, 6) is 1.34. The molecule has 0 amide bonds. The Morgan fingerprint density at radius 3 is 2.70 bits per heavy atom. The van der Waals surface area contributed by atoms with E-state index < -0.39 is 0 Å². The summed E-state index contributed by atoms with van der Waals surface area (Å²) in [6.45, 7) is 4.77. The van der Waals surface area contributed by atoms with Gasteiger partial charge in [0.15, 0.2) is 5.96 Å². The number of aryl methyl sites for hydroxylation is 2. The summed E-state index contributed by atoms with van der Waals surface area (Å²) in [7, 11) is 0. The molecule has 0 aliphatic rings. The molecule has 3 N–H and O–H groups in total. The van der Waals surface area contributed by atoms with E-state index in [4.69, 9.17) is 10.2 Å². The number of nitrogens with zero attached hydrogens (tertiary/aromatic N) is 1. The average Bonchev–Trinajstić information content (AvgIpc) is 2.87. The van der Waals surface area contributed by atoms with Crippen molar-refractivity contribution in [3.05, 3.63) is 53.5 Å². The summed E-state index contributed by atoms with van der Waals surface area (Å²) >= 11 is 0. The Labute approximate surface area is 136 Å². The fraction of sp³-hybridized carbons (Fsp3) is 0.267.